The topological polar surface area (TPSA) is 80.3 Å². The Balaban J connectivity index is 0.000000376. The van der Waals surface area contributed by atoms with E-state index in [0.29, 0.717) is 10.8 Å². The van der Waals surface area contributed by atoms with Crippen molar-refractivity contribution >= 4 is 33.1 Å². The van der Waals surface area contributed by atoms with E-state index in [1.807, 2.05) is 0 Å². The van der Waals surface area contributed by atoms with Crippen LogP contribution in [0, 0.1) is 22.7 Å². The van der Waals surface area contributed by atoms with Crippen molar-refractivity contribution in [3.8, 4) is 0 Å². The number of hydrogen-bond donors (Lipinski definition) is 0. The van der Waals surface area contributed by atoms with E-state index in [1.54, 1.807) is 8.87 Å². The molecule has 0 saturated heterocycles. The Morgan fingerprint density at radius 2 is 0.631 bits per heavy atom. The van der Waals surface area contributed by atoms with Gasteiger partial charge in [0.25, 0.3) is 0 Å². The predicted octanol–water partition coefficient (Wildman–Crippen LogP) is 17.8. The maximum atomic E-state index is 10.6. The molecule has 0 unspecified atom stereocenters. The van der Waals surface area contributed by atoms with Crippen LogP contribution in [0.5, 0.6) is 0 Å². The summed E-state index contributed by atoms with van der Waals surface area (Å²) in [5.74, 6) is 0.179. The van der Waals surface area contributed by atoms with Gasteiger partial charge in [0.15, 0.2) is 0 Å². The minimum absolute atomic E-state index is 0.149. The van der Waals surface area contributed by atoms with Gasteiger partial charge < -0.3 is 19.8 Å². The quantitative estimate of drug-likeness (QED) is 0.0799. The Kier molecular flexibility index (Phi) is 39.9. The molecule has 0 aliphatic heterocycles. The molecule has 4 saturated carbocycles. The fourth-order valence-corrected chi connectivity index (χ4v) is 17.2. The molecule has 0 aromatic carbocycles. The van der Waals surface area contributed by atoms with Crippen LogP contribution in [-0.4, -0.2) is 33.1 Å². The molecule has 380 valence electrons. The van der Waals surface area contributed by atoms with Gasteiger partial charge in [-0.05, 0) is 113 Å². The van der Waals surface area contributed by atoms with Gasteiger partial charge in [-0.15, -0.1) is 0 Å². The number of unbranched alkanes of at least 4 members (excludes halogenated alkanes) is 10. The SMILES string of the molecule is CCC[CH2][Sn+2][CH2]CCC.O=C([O-])CCCCCCCC12CCCCCCCCC1CCCCCCCC2.O=C([O-])CCCCCCCC12CCCCCCCCC1CCCCCCCC2. The molecule has 0 aromatic heterocycles. The second-order valence-corrected chi connectivity index (χ2v) is 26.8. The van der Waals surface area contributed by atoms with Crippen molar-refractivity contribution in [3.05, 3.63) is 0 Å². The van der Waals surface area contributed by atoms with Crippen LogP contribution in [0.1, 0.15) is 335 Å². The second-order valence-electron chi connectivity index (χ2n) is 22.5. The number of fused-ring (bicyclic) bond motifs is 2. The van der Waals surface area contributed by atoms with E-state index in [-0.39, 0.29) is 34.0 Å². The van der Waals surface area contributed by atoms with Gasteiger partial charge in [0.1, 0.15) is 0 Å². The van der Waals surface area contributed by atoms with E-state index in [1.165, 1.54) is 283 Å². The molecule has 0 bridgehead atoms. The van der Waals surface area contributed by atoms with Gasteiger partial charge in [-0.25, -0.2) is 0 Å². The molecule has 0 radical (unpaired) electrons. The molecule has 0 aromatic rings. The van der Waals surface area contributed by atoms with Crippen molar-refractivity contribution in [3.63, 3.8) is 0 Å². The first-order chi connectivity index (χ1) is 31.9. The van der Waals surface area contributed by atoms with E-state index < -0.39 is 11.9 Å². The van der Waals surface area contributed by atoms with Crippen LogP contribution >= 0.6 is 0 Å². The summed E-state index contributed by atoms with van der Waals surface area (Å²) in [4.78, 5) is 21.1. The van der Waals surface area contributed by atoms with Crippen molar-refractivity contribution in [1.82, 2.24) is 0 Å². The normalized spacial score (nSPS) is 25.6. The summed E-state index contributed by atoms with van der Waals surface area (Å²) in [6.45, 7) is 4.58. The van der Waals surface area contributed by atoms with E-state index in [9.17, 15) is 19.8 Å². The first-order valence-corrected chi connectivity index (χ1v) is 34.0. The molecule has 0 spiro atoms. The van der Waals surface area contributed by atoms with Crippen LogP contribution in [0.25, 0.3) is 0 Å². The molecule has 0 amide bonds. The van der Waals surface area contributed by atoms with E-state index in [2.05, 4.69) is 13.8 Å². The van der Waals surface area contributed by atoms with Crippen molar-refractivity contribution in [2.75, 3.05) is 0 Å². The third-order valence-electron chi connectivity index (χ3n) is 17.2. The molecule has 4 fully saturated rings. The van der Waals surface area contributed by atoms with Crippen molar-refractivity contribution in [2.45, 2.75) is 344 Å². The standard InChI is InChI=1S/2C26H48O2.2C4H9.Sn/c2*27-25(28)20-14-8-5-11-17-23-26-21-15-9-3-1-6-12-18-24(26)19-13-7-2-4-10-16-22-26;2*1-3-4-2;/h2*24H,1-23H2,(H,27,28);2*1,3-4H2,2H3;/q;;;;+2/p-2. The third-order valence-corrected chi connectivity index (χ3v) is 21.2. The second kappa shape index (κ2) is 42.6. The first kappa shape index (κ1) is 60.9. The Labute approximate surface area is 417 Å². The minimum Gasteiger partial charge on any atom is -0.550 e. The number of carboxylic acids is 2. The molecule has 0 atom stereocenters. The maximum Gasteiger partial charge on any atom is 0.0414 e. The summed E-state index contributed by atoms with van der Waals surface area (Å²) >= 11 is 0.149. The number of carboxylic acid groups (broad SMARTS) is 2. The molecule has 0 N–H and O–H groups in total. The predicted molar refractivity (Wildman–Crippen MR) is 279 cm³/mol. The Hall–Kier alpha value is -0.261. The van der Waals surface area contributed by atoms with Crippen molar-refractivity contribution in [2.24, 2.45) is 22.7 Å². The average molecular weight is 1020 g/mol. The van der Waals surface area contributed by atoms with Crippen molar-refractivity contribution in [1.29, 1.82) is 0 Å². The Morgan fingerprint density at radius 3 is 0.923 bits per heavy atom. The molecule has 4 nitrogen and oxygen atoms in total. The van der Waals surface area contributed by atoms with E-state index >= 15 is 0 Å². The van der Waals surface area contributed by atoms with Gasteiger partial charge in [0, 0.05) is 11.9 Å². The molecular formula is C60H112O4Sn. The third kappa shape index (κ3) is 31.6. The van der Waals surface area contributed by atoms with Crippen LogP contribution < -0.4 is 10.2 Å². The summed E-state index contributed by atoms with van der Waals surface area (Å²) < 4.78 is 3.25. The summed E-state index contributed by atoms with van der Waals surface area (Å²) in [7, 11) is 0. The largest absolute Gasteiger partial charge is 0.550 e. The maximum absolute atomic E-state index is 10.6. The van der Waals surface area contributed by atoms with Gasteiger partial charge in [-0.1, -0.05) is 205 Å². The molecule has 0 heterocycles. The van der Waals surface area contributed by atoms with Crippen molar-refractivity contribution < 1.29 is 19.8 Å². The minimum atomic E-state index is -0.885. The monoisotopic (exact) mass is 1020 g/mol. The van der Waals surface area contributed by atoms with Crippen LogP contribution in [0.2, 0.25) is 8.87 Å². The molecule has 4 rings (SSSR count). The number of aliphatic carboxylic acids is 2. The van der Waals surface area contributed by atoms with E-state index in [0.717, 1.165) is 37.5 Å². The summed E-state index contributed by atoms with van der Waals surface area (Å²) in [5, 5.41) is 21.1. The van der Waals surface area contributed by atoms with Gasteiger partial charge in [0.05, 0.1) is 0 Å². The molecule has 5 heteroatoms. The number of hydrogen-bond acceptors (Lipinski definition) is 4. The van der Waals surface area contributed by atoms with Crippen LogP contribution in [0.15, 0.2) is 0 Å². The first-order valence-electron chi connectivity index (χ1n) is 30.0. The fraction of sp³-hybridized carbons (Fsp3) is 0.967. The van der Waals surface area contributed by atoms with Gasteiger partial charge in [-0.2, -0.15) is 0 Å². The molecular weight excluding hydrogens is 903 g/mol. The Bertz CT molecular complexity index is 953. The fourth-order valence-electron chi connectivity index (χ4n) is 13.1. The van der Waals surface area contributed by atoms with Crippen LogP contribution in [-0.2, 0) is 9.59 Å². The zero-order chi connectivity index (χ0) is 46.8. The zero-order valence-electron chi connectivity index (χ0n) is 44.1. The molecule has 65 heavy (non-hydrogen) atoms. The number of rotatable bonds is 22. The summed E-state index contributed by atoms with van der Waals surface area (Å²) in [5.41, 5.74) is 1.25. The zero-order valence-corrected chi connectivity index (χ0v) is 46.9. The molecule has 4 aliphatic carbocycles. The summed E-state index contributed by atoms with van der Waals surface area (Å²) in [6, 6.07) is 0. The van der Waals surface area contributed by atoms with Gasteiger partial charge in [0.2, 0.25) is 0 Å². The van der Waals surface area contributed by atoms with Crippen LogP contribution in [0.3, 0.4) is 0 Å². The van der Waals surface area contributed by atoms with Gasteiger partial charge >= 0.3 is 69.5 Å². The molecule has 4 aliphatic rings. The Morgan fingerprint density at radius 1 is 0.369 bits per heavy atom. The van der Waals surface area contributed by atoms with E-state index in [4.69, 9.17) is 0 Å². The average Bonchev–Trinajstić information content (AvgIpc) is 3.30. The van der Waals surface area contributed by atoms with Crippen LogP contribution in [0.4, 0.5) is 0 Å². The number of carbonyl (C=O) groups is 2. The van der Waals surface area contributed by atoms with Gasteiger partial charge in [-0.3, -0.25) is 0 Å². The smallest absolute Gasteiger partial charge is 0.0414 e. The number of carbonyl (C=O) groups excluding carboxylic acids is 2. The summed E-state index contributed by atoms with van der Waals surface area (Å²) in [6.07, 6.45) is 67.6.